The molecule has 0 saturated heterocycles. The fourth-order valence-corrected chi connectivity index (χ4v) is 4.00. The third-order valence-electron chi connectivity index (χ3n) is 4.79. The maximum atomic E-state index is 12.7. The Balaban J connectivity index is 1.55. The number of thioether (sulfide) groups is 1. The van der Waals surface area contributed by atoms with E-state index in [-0.39, 0.29) is 23.2 Å². The minimum Gasteiger partial charge on any atom is -0.384 e. The van der Waals surface area contributed by atoms with E-state index in [9.17, 15) is 14.4 Å². The van der Waals surface area contributed by atoms with Crippen molar-refractivity contribution in [2.45, 2.75) is 37.5 Å². The van der Waals surface area contributed by atoms with Gasteiger partial charge in [0.2, 0.25) is 0 Å². The number of H-pyrrole nitrogens is 1. The summed E-state index contributed by atoms with van der Waals surface area (Å²) in [5, 5.41) is 8.82. The first kappa shape index (κ1) is 19.2. The van der Waals surface area contributed by atoms with Crippen molar-refractivity contribution in [1.82, 2.24) is 24.3 Å². The lowest BCUT2D eigenvalue weighted by atomic mass is 10.2. The van der Waals surface area contributed by atoms with Crippen LogP contribution in [-0.2, 0) is 6.54 Å². The van der Waals surface area contributed by atoms with Gasteiger partial charge in [0.05, 0.1) is 12.3 Å². The van der Waals surface area contributed by atoms with E-state index < -0.39 is 17.0 Å². The maximum absolute atomic E-state index is 12.7. The first-order valence-electron chi connectivity index (χ1n) is 9.19. The van der Waals surface area contributed by atoms with Crippen molar-refractivity contribution < 1.29 is 4.79 Å². The lowest BCUT2D eigenvalue weighted by Crippen LogP contribution is -2.36. The molecule has 0 spiro atoms. The Hall–Kier alpha value is -3.14. The summed E-state index contributed by atoms with van der Waals surface area (Å²) in [6, 6.07) is 9.81. The SMILES string of the molecule is Cc1nnc(SCC(=O)c2c(N)n(C3CC3)c(=O)[nH]c2=O)n1Cc1ccccc1. The molecule has 0 bridgehead atoms. The van der Waals surface area contributed by atoms with Crippen molar-refractivity contribution in [3.05, 3.63) is 68.1 Å². The van der Waals surface area contributed by atoms with Crippen LogP contribution in [0.3, 0.4) is 0 Å². The number of anilines is 1. The van der Waals surface area contributed by atoms with Gasteiger partial charge >= 0.3 is 5.69 Å². The maximum Gasteiger partial charge on any atom is 0.330 e. The highest BCUT2D eigenvalue weighted by Gasteiger charge is 2.30. The monoisotopic (exact) mass is 412 g/mol. The van der Waals surface area contributed by atoms with E-state index in [4.69, 9.17) is 5.73 Å². The molecule has 1 saturated carbocycles. The topological polar surface area (TPSA) is 129 Å². The van der Waals surface area contributed by atoms with E-state index in [1.54, 1.807) is 0 Å². The van der Waals surface area contributed by atoms with Crippen LogP contribution in [0, 0.1) is 6.92 Å². The minimum absolute atomic E-state index is 0.0386. The predicted molar refractivity (Wildman–Crippen MR) is 109 cm³/mol. The normalized spacial score (nSPS) is 13.6. The van der Waals surface area contributed by atoms with Gasteiger partial charge in [0.1, 0.15) is 17.2 Å². The number of nitrogens with two attached hydrogens (primary N) is 1. The summed E-state index contributed by atoms with van der Waals surface area (Å²) in [4.78, 5) is 39.2. The highest BCUT2D eigenvalue weighted by molar-refractivity contribution is 7.99. The van der Waals surface area contributed by atoms with Crippen LogP contribution in [0.25, 0.3) is 0 Å². The summed E-state index contributed by atoms with van der Waals surface area (Å²) < 4.78 is 3.22. The number of hydrogen-bond acceptors (Lipinski definition) is 7. The molecule has 0 atom stereocenters. The number of nitrogen functional groups attached to an aromatic ring is 1. The van der Waals surface area contributed by atoms with Crippen LogP contribution in [0.2, 0.25) is 0 Å². The van der Waals surface area contributed by atoms with Crippen LogP contribution in [0.4, 0.5) is 5.82 Å². The zero-order valence-corrected chi connectivity index (χ0v) is 16.6. The molecule has 9 nitrogen and oxygen atoms in total. The summed E-state index contributed by atoms with van der Waals surface area (Å²) in [5.74, 6) is 0.176. The van der Waals surface area contributed by atoms with Crippen molar-refractivity contribution in [3.63, 3.8) is 0 Å². The molecule has 0 amide bonds. The summed E-state index contributed by atoms with van der Waals surface area (Å²) >= 11 is 1.19. The molecule has 4 rings (SSSR count). The summed E-state index contributed by atoms with van der Waals surface area (Å²) in [5.41, 5.74) is 5.60. The molecular formula is C19H20N6O3S. The van der Waals surface area contributed by atoms with Crippen LogP contribution in [0.1, 0.15) is 40.6 Å². The van der Waals surface area contributed by atoms with Crippen LogP contribution in [-0.4, -0.2) is 35.9 Å². The first-order valence-corrected chi connectivity index (χ1v) is 10.2. The van der Waals surface area contributed by atoms with Gasteiger partial charge in [-0.05, 0) is 25.3 Å². The highest BCUT2D eigenvalue weighted by Crippen LogP contribution is 2.35. The van der Waals surface area contributed by atoms with E-state index in [1.807, 2.05) is 41.8 Å². The van der Waals surface area contributed by atoms with Gasteiger partial charge in [0.25, 0.3) is 5.56 Å². The van der Waals surface area contributed by atoms with Crippen molar-refractivity contribution in [2.75, 3.05) is 11.5 Å². The van der Waals surface area contributed by atoms with Crippen LogP contribution in [0.15, 0.2) is 45.1 Å². The zero-order chi connectivity index (χ0) is 20.5. The Morgan fingerprint density at radius 2 is 1.97 bits per heavy atom. The molecule has 2 aromatic heterocycles. The minimum atomic E-state index is -0.753. The number of aryl methyl sites for hydroxylation is 1. The number of nitrogens with zero attached hydrogens (tertiary/aromatic N) is 4. The molecular weight excluding hydrogens is 392 g/mol. The second-order valence-electron chi connectivity index (χ2n) is 6.93. The Bertz CT molecular complexity index is 1180. The number of aromatic amines is 1. The van der Waals surface area contributed by atoms with E-state index in [0.29, 0.717) is 11.7 Å². The molecule has 1 aliphatic carbocycles. The summed E-state index contributed by atoms with van der Waals surface area (Å²) in [6.45, 7) is 2.42. The second kappa shape index (κ2) is 7.70. The van der Waals surface area contributed by atoms with Crippen molar-refractivity contribution in [3.8, 4) is 0 Å². The number of carbonyl (C=O) groups excluding carboxylic acids is 1. The van der Waals surface area contributed by atoms with Gasteiger partial charge in [-0.3, -0.25) is 19.1 Å². The Labute approximate surface area is 170 Å². The molecule has 0 aliphatic heterocycles. The van der Waals surface area contributed by atoms with Crippen LogP contribution < -0.4 is 17.0 Å². The molecule has 0 radical (unpaired) electrons. The number of aromatic nitrogens is 5. The molecule has 150 valence electrons. The number of ketones is 1. The number of benzene rings is 1. The number of rotatable bonds is 7. The fourth-order valence-electron chi connectivity index (χ4n) is 3.15. The molecule has 3 N–H and O–H groups in total. The van der Waals surface area contributed by atoms with E-state index in [2.05, 4.69) is 15.2 Å². The van der Waals surface area contributed by atoms with E-state index in [0.717, 1.165) is 24.2 Å². The molecule has 0 unspecified atom stereocenters. The van der Waals surface area contributed by atoms with E-state index >= 15 is 0 Å². The van der Waals surface area contributed by atoms with E-state index in [1.165, 1.54) is 16.3 Å². The largest absolute Gasteiger partial charge is 0.384 e. The Morgan fingerprint density at radius 3 is 2.66 bits per heavy atom. The average molecular weight is 412 g/mol. The molecule has 29 heavy (non-hydrogen) atoms. The van der Waals surface area contributed by atoms with Gasteiger partial charge in [-0.2, -0.15) is 0 Å². The van der Waals surface area contributed by atoms with Gasteiger partial charge in [-0.15, -0.1) is 10.2 Å². The molecule has 1 aromatic carbocycles. The quantitative estimate of drug-likeness (QED) is 0.443. The van der Waals surface area contributed by atoms with Crippen LogP contribution >= 0.6 is 11.8 Å². The fraction of sp³-hybridized carbons (Fsp3) is 0.316. The molecule has 10 heteroatoms. The van der Waals surface area contributed by atoms with Gasteiger partial charge in [-0.25, -0.2) is 4.79 Å². The van der Waals surface area contributed by atoms with Gasteiger partial charge in [0.15, 0.2) is 10.9 Å². The summed E-state index contributed by atoms with van der Waals surface area (Å²) in [7, 11) is 0. The number of hydrogen-bond donors (Lipinski definition) is 2. The lowest BCUT2D eigenvalue weighted by Gasteiger charge is -2.11. The van der Waals surface area contributed by atoms with Crippen LogP contribution in [0.5, 0.6) is 0 Å². The lowest BCUT2D eigenvalue weighted by molar-refractivity contribution is 0.102. The molecule has 3 aromatic rings. The number of Topliss-reactive ketones (excluding diaryl/α,β-unsaturated/α-hetero) is 1. The zero-order valence-electron chi connectivity index (χ0n) is 15.8. The number of carbonyl (C=O) groups is 1. The van der Waals surface area contributed by atoms with Crippen molar-refractivity contribution in [2.24, 2.45) is 0 Å². The highest BCUT2D eigenvalue weighted by atomic mass is 32.2. The second-order valence-corrected chi connectivity index (χ2v) is 7.88. The molecule has 1 fully saturated rings. The van der Waals surface area contributed by atoms with Gasteiger partial charge in [0, 0.05) is 6.04 Å². The summed E-state index contributed by atoms with van der Waals surface area (Å²) in [6.07, 6.45) is 1.61. The average Bonchev–Trinajstić information content (AvgIpc) is 3.46. The predicted octanol–water partition coefficient (Wildman–Crippen LogP) is 1.38. The third kappa shape index (κ3) is 3.88. The van der Waals surface area contributed by atoms with Crippen molar-refractivity contribution >= 4 is 23.4 Å². The molecule has 1 aliphatic rings. The Kier molecular flexibility index (Phi) is 5.10. The molecule has 2 heterocycles. The van der Waals surface area contributed by atoms with Gasteiger partial charge < -0.3 is 10.3 Å². The van der Waals surface area contributed by atoms with Crippen molar-refractivity contribution in [1.29, 1.82) is 0 Å². The third-order valence-corrected chi connectivity index (χ3v) is 5.76. The Morgan fingerprint density at radius 1 is 1.24 bits per heavy atom. The van der Waals surface area contributed by atoms with Gasteiger partial charge in [-0.1, -0.05) is 42.1 Å². The number of nitrogens with one attached hydrogen (secondary N) is 1. The first-order chi connectivity index (χ1) is 14.0. The smallest absolute Gasteiger partial charge is 0.330 e. The standard InChI is InChI=1S/C19H20N6O3S/c1-11-22-23-19(24(11)9-12-5-3-2-4-6-12)29-10-14(26)15-16(20)25(13-7-8-13)18(28)21-17(15)27/h2-6,13H,7-10,20H2,1H3,(H,21,27,28).